The van der Waals surface area contributed by atoms with Crippen molar-refractivity contribution in [2.75, 3.05) is 36.6 Å². The lowest BCUT2D eigenvalue weighted by Crippen LogP contribution is -2.43. The standard InChI is InChI=1S/C17H26N2O6S2/c1-3-25-10-4-9-18-16-11-26(21,22)12-17(16)27(23,24)15-7-5-14(6-8-15)19-13(2)20/h5-8,16-18H,3-4,9-12H2,1-2H3,(H,19,20)/t16-,17-/m0/s1. The number of carbonyl (C=O) groups excluding carboxylic acids is 1. The molecule has 0 unspecified atom stereocenters. The van der Waals surface area contributed by atoms with Crippen molar-refractivity contribution in [1.82, 2.24) is 5.32 Å². The van der Waals surface area contributed by atoms with Gasteiger partial charge in [0, 0.05) is 31.9 Å². The van der Waals surface area contributed by atoms with Crippen molar-refractivity contribution in [1.29, 1.82) is 0 Å². The van der Waals surface area contributed by atoms with Crippen molar-refractivity contribution in [3.63, 3.8) is 0 Å². The van der Waals surface area contributed by atoms with Crippen LogP contribution < -0.4 is 10.6 Å². The molecule has 1 aliphatic rings. The fraction of sp³-hybridized carbons (Fsp3) is 0.588. The smallest absolute Gasteiger partial charge is 0.221 e. The second-order valence-electron chi connectivity index (χ2n) is 6.48. The number of rotatable bonds is 9. The maximum Gasteiger partial charge on any atom is 0.221 e. The molecular weight excluding hydrogens is 392 g/mol. The van der Waals surface area contributed by atoms with E-state index in [1.54, 1.807) is 0 Å². The monoisotopic (exact) mass is 418 g/mol. The molecule has 0 bridgehead atoms. The van der Waals surface area contributed by atoms with Gasteiger partial charge in [-0.25, -0.2) is 16.8 Å². The van der Waals surface area contributed by atoms with E-state index in [4.69, 9.17) is 4.74 Å². The van der Waals surface area contributed by atoms with Crippen molar-refractivity contribution in [2.24, 2.45) is 0 Å². The highest BCUT2D eigenvalue weighted by Crippen LogP contribution is 2.27. The van der Waals surface area contributed by atoms with Gasteiger partial charge in [0.1, 0.15) is 0 Å². The molecule has 1 fully saturated rings. The number of hydrogen-bond acceptors (Lipinski definition) is 7. The van der Waals surface area contributed by atoms with Gasteiger partial charge in [0.25, 0.3) is 0 Å². The number of anilines is 1. The minimum atomic E-state index is -3.84. The average molecular weight is 419 g/mol. The van der Waals surface area contributed by atoms with Crippen molar-refractivity contribution >= 4 is 31.3 Å². The number of ether oxygens (including phenoxy) is 1. The lowest BCUT2D eigenvalue weighted by atomic mass is 10.2. The van der Waals surface area contributed by atoms with Gasteiger partial charge in [0.15, 0.2) is 19.7 Å². The van der Waals surface area contributed by atoms with Gasteiger partial charge < -0.3 is 15.4 Å². The van der Waals surface area contributed by atoms with Gasteiger partial charge in [-0.05, 0) is 44.2 Å². The first kappa shape index (κ1) is 21.8. The van der Waals surface area contributed by atoms with Crippen LogP contribution in [-0.4, -0.2) is 65.3 Å². The van der Waals surface area contributed by atoms with Gasteiger partial charge in [-0.3, -0.25) is 4.79 Å². The summed E-state index contributed by atoms with van der Waals surface area (Å²) < 4.78 is 55.3. The van der Waals surface area contributed by atoms with E-state index in [0.717, 1.165) is 0 Å². The largest absolute Gasteiger partial charge is 0.382 e. The van der Waals surface area contributed by atoms with E-state index >= 15 is 0 Å². The van der Waals surface area contributed by atoms with Gasteiger partial charge in [-0.15, -0.1) is 0 Å². The maximum absolute atomic E-state index is 13.0. The van der Waals surface area contributed by atoms with Crippen LogP contribution in [-0.2, 0) is 29.2 Å². The highest BCUT2D eigenvalue weighted by atomic mass is 32.2. The van der Waals surface area contributed by atoms with Crippen LogP contribution in [0.25, 0.3) is 0 Å². The van der Waals surface area contributed by atoms with E-state index in [-0.39, 0.29) is 16.6 Å². The van der Waals surface area contributed by atoms with Gasteiger partial charge in [-0.1, -0.05) is 0 Å². The van der Waals surface area contributed by atoms with Crippen LogP contribution in [0, 0.1) is 0 Å². The normalized spacial score (nSPS) is 21.9. The Bertz CT molecular complexity index is 850. The van der Waals surface area contributed by atoms with E-state index in [2.05, 4.69) is 10.6 Å². The lowest BCUT2D eigenvalue weighted by molar-refractivity contribution is -0.114. The molecule has 1 aromatic rings. The first-order chi connectivity index (χ1) is 12.7. The highest BCUT2D eigenvalue weighted by Gasteiger charge is 2.45. The molecule has 2 N–H and O–H groups in total. The Labute approximate surface area is 160 Å². The van der Waals surface area contributed by atoms with Crippen LogP contribution >= 0.6 is 0 Å². The van der Waals surface area contributed by atoms with Crippen molar-refractivity contribution in [3.8, 4) is 0 Å². The Morgan fingerprint density at radius 1 is 1.22 bits per heavy atom. The molecule has 0 aromatic heterocycles. The molecule has 1 aliphatic heterocycles. The number of sulfone groups is 2. The van der Waals surface area contributed by atoms with Crippen molar-refractivity contribution < 1.29 is 26.4 Å². The molecular formula is C17H26N2O6S2. The van der Waals surface area contributed by atoms with E-state index < -0.39 is 36.7 Å². The number of amides is 1. The molecule has 27 heavy (non-hydrogen) atoms. The third kappa shape index (κ3) is 6.00. The minimum absolute atomic E-state index is 0.0415. The Morgan fingerprint density at radius 2 is 1.89 bits per heavy atom. The van der Waals surface area contributed by atoms with Crippen molar-refractivity contribution in [3.05, 3.63) is 24.3 Å². The summed E-state index contributed by atoms with van der Waals surface area (Å²) in [5, 5.41) is 4.59. The molecule has 8 nitrogen and oxygen atoms in total. The van der Waals surface area contributed by atoms with Crippen LogP contribution in [0.3, 0.4) is 0 Å². The zero-order valence-corrected chi connectivity index (χ0v) is 17.1. The molecule has 1 saturated heterocycles. The number of carbonyl (C=O) groups is 1. The van der Waals surface area contributed by atoms with E-state index in [9.17, 15) is 21.6 Å². The summed E-state index contributed by atoms with van der Waals surface area (Å²) in [7, 11) is -7.27. The minimum Gasteiger partial charge on any atom is -0.382 e. The Hall–Kier alpha value is -1.49. The third-order valence-electron chi connectivity index (χ3n) is 4.28. The fourth-order valence-corrected chi connectivity index (χ4v) is 7.74. The van der Waals surface area contributed by atoms with Gasteiger partial charge in [0.05, 0.1) is 21.7 Å². The molecule has 2 atom stereocenters. The van der Waals surface area contributed by atoms with Gasteiger partial charge in [-0.2, -0.15) is 0 Å². The van der Waals surface area contributed by atoms with Crippen LogP contribution in [0.1, 0.15) is 20.3 Å². The SMILES string of the molecule is CCOCCCN[C@H]1CS(=O)(=O)C[C@@H]1S(=O)(=O)c1ccc(NC(C)=O)cc1. The highest BCUT2D eigenvalue weighted by molar-refractivity contribution is 7.96. The summed E-state index contributed by atoms with van der Waals surface area (Å²) in [4.78, 5) is 11.1. The maximum atomic E-state index is 13.0. The fourth-order valence-electron chi connectivity index (χ4n) is 3.02. The topological polar surface area (TPSA) is 119 Å². The summed E-state index contributed by atoms with van der Waals surface area (Å²) in [5.74, 6) is -0.856. The van der Waals surface area contributed by atoms with Gasteiger partial charge in [0.2, 0.25) is 5.91 Å². The molecule has 152 valence electrons. The molecule has 10 heteroatoms. The second kappa shape index (κ2) is 9.13. The Kier molecular flexibility index (Phi) is 7.38. The Morgan fingerprint density at radius 3 is 2.48 bits per heavy atom. The molecule has 1 amide bonds. The zero-order valence-electron chi connectivity index (χ0n) is 15.5. The first-order valence-corrected chi connectivity index (χ1v) is 12.2. The van der Waals surface area contributed by atoms with Crippen LogP contribution in [0.2, 0.25) is 0 Å². The van der Waals surface area contributed by atoms with E-state index in [1.807, 2.05) is 6.92 Å². The summed E-state index contributed by atoms with van der Waals surface area (Å²) in [5.41, 5.74) is 0.478. The molecule has 0 radical (unpaired) electrons. The Balaban J connectivity index is 2.14. The quantitative estimate of drug-likeness (QED) is 0.564. The first-order valence-electron chi connectivity index (χ1n) is 8.79. The summed E-state index contributed by atoms with van der Waals surface area (Å²) >= 11 is 0. The lowest BCUT2D eigenvalue weighted by Gasteiger charge is -2.20. The van der Waals surface area contributed by atoms with Gasteiger partial charge >= 0.3 is 0 Å². The molecule has 1 aromatic carbocycles. The predicted molar refractivity (Wildman–Crippen MR) is 103 cm³/mol. The zero-order chi connectivity index (χ0) is 20.1. The molecule has 0 spiro atoms. The predicted octanol–water partition coefficient (Wildman–Crippen LogP) is 0.601. The molecule has 1 heterocycles. The second-order valence-corrected chi connectivity index (χ2v) is 10.8. The third-order valence-corrected chi connectivity index (χ3v) is 8.44. The van der Waals surface area contributed by atoms with Crippen molar-refractivity contribution in [2.45, 2.75) is 36.5 Å². The van der Waals surface area contributed by atoms with E-state index in [1.165, 1.54) is 31.2 Å². The number of hydrogen-bond donors (Lipinski definition) is 2. The molecule has 0 aliphatic carbocycles. The molecule has 2 rings (SSSR count). The summed E-state index contributed by atoms with van der Waals surface area (Å²) in [6, 6.07) is 5.09. The number of benzene rings is 1. The summed E-state index contributed by atoms with van der Waals surface area (Å²) in [6.45, 7) is 4.86. The van der Waals surface area contributed by atoms with E-state index in [0.29, 0.717) is 31.9 Å². The number of nitrogens with one attached hydrogen (secondary N) is 2. The van der Waals surface area contributed by atoms with Crippen LogP contribution in [0.5, 0.6) is 0 Å². The summed E-state index contributed by atoms with van der Waals surface area (Å²) in [6.07, 6.45) is 0.669. The molecule has 0 saturated carbocycles. The van der Waals surface area contributed by atoms with Crippen LogP contribution in [0.15, 0.2) is 29.2 Å². The average Bonchev–Trinajstić information content (AvgIpc) is 2.90. The van der Waals surface area contributed by atoms with Crippen LogP contribution in [0.4, 0.5) is 5.69 Å².